The summed E-state index contributed by atoms with van der Waals surface area (Å²) in [5.41, 5.74) is 6.04. The zero-order valence-electron chi connectivity index (χ0n) is 23.7. The van der Waals surface area contributed by atoms with Crippen LogP contribution in [-0.4, -0.2) is 47.7 Å². The van der Waals surface area contributed by atoms with Crippen LogP contribution in [0.25, 0.3) is 22.3 Å². The summed E-state index contributed by atoms with van der Waals surface area (Å²) in [7, 11) is 4.74. The molecule has 0 aliphatic heterocycles. The molecule has 0 unspecified atom stereocenters. The Morgan fingerprint density at radius 3 is 2.07 bits per heavy atom. The lowest BCUT2D eigenvalue weighted by atomic mass is 9.97. The van der Waals surface area contributed by atoms with Crippen LogP contribution in [0.1, 0.15) is 44.5 Å². The number of aryl methyl sites for hydroxylation is 1. The number of aromatic nitrogens is 3. The van der Waals surface area contributed by atoms with E-state index in [1.54, 1.807) is 44.2 Å². The predicted octanol–water partition coefficient (Wildman–Crippen LogP) is 6.11. The molecule has 0 radical (unpaired) electrons. The second kappa shape index (κ2) is 11.6. The fourth-order valence-corrected chi connectivity index (χ4v) is 4.79. The van der Waals surface area contributed by atoms with Crippen molar-refractivity contribution in [3.8, 4) is 28.5 Å². The summed E-state index contributed by atoms with van der Waals surface area (Å²) in [4.78, 5) is 30.6. The molecule has 5 aromatic rings. The van der Waals surface area contributed by atoms with Gasteiger partial charge in [-0.1, -0.05) is 24.3 Å². The number of carbonyl (C=O) groups excluding carboxylic acids is 2. The summed E-state index contributed by atoms with van der Waals surface area (Å²) in [5, 5.41) is 5.31. The minimum Gasteiger partial charge on any atom is -0.497 e. The highest BCUT2D eigenvalue weighted by molar-refractivity contribution is 6.04. The summed E-state index contributed by atoms with van der Waals surface area (Å²) in [6.07, 6.45) is 0.204. The van der Waals surface area contributed by atoms with Crippen LogP contribution in [0, 0.1) is 6.92 Å². The lowest BCUT2D eigenvalue weighted by Crippen LogP contribution is -2.05. The molecule has 0 spiro atoms. The highest BCUT2D eigenvalue weighted by atomic mass is 16.5. The number of carbonyl (C=O) groups is 2. The van der Waals surface area contributed by atoms with E-state index in [2.05, 4.69) is 5.10 Å². The Bertz CT molecular complexity index is 1730. The van der Waals surface area contributed by atoms with Crippen LogP contribution >= 0.6 is 0 Å². The fourth-order valence-electron chi connectivity index (χ4n) is 4.79. The van der Waals surface area contributed by atoms with Crippen LogP contribution in [0.5, 0.6) is 17.2 Å². The van der Waals surface area contributed by atoms with Crippen LogP contribution in [0.15, 0.2) is 72.8 Å². The molecule has 0 saturated heterocycles. The molecule has 41 heavy (non-hydrogen) atoms. The third kappa shape index (κ3) is 5.82. The van der Waals surface area contributed by atoms with Crippen molar-refractivity contribution in [2.24, 2.45) is 0 Å². The molecule has 0 fully saturated rings. The standard InChI is InChI=1S/C33H31N3O5/c1-20-6-7-23(15-31(38)24-16-26(40-4)18-27(17-24)41-5)14-29(20)30-13-12-28-32(21(2)37)35-36(33(28)34-30)19-22-8-10-25(39-3)11-9-22/h6-14,16-18H,15,19H2,1-5H3. The van der Waals surface area contributed by atoms with Crippen LogP contribution in [0.3, 0.4) is 0 Å². The van der Waals surface area contributed by atoms with Crippen LogP contribution in [0.4, 0.5) is 0 Å². The summed E-state index contributed by atoms with van der Waals surface area (Å²) in [6, 6.07) is 22.6. The number of methoxy groups -OCH3 is 3. The summed E-state index contributed by atoms with van der Waals surface area (Å²) >= 11 is 0. The van der Waals surface area contributed by atoms with Crippen molar-refractivity contribution in [3.05, 3.63) is 101 Å². The predicted molar refractivity (Wildman–Crippen MR) is 157 cm³/mol. The first-order chi connectivity index (χ1) is 19.8. The normalized spacial score (nSPS) is 11.0. The number of nitrogens with zero attached hydrogens (tertiary/aromatic N) is 3. The minimum absolute atomic E-state index is 0.0518. The Morgan fingerprint density at radius 2 is 1.44 bits per heavy atom. The number of ether oxygens (including phenoxy) is 3. The summed E-state index contributed by atoms with van der Waals surface area (Å²) in [6.45, 7) is 3.97. The maximum Gasteiger partial charge on any atom is 0.180 e. The first-order valence-corrected chi connectivity index (χ1v) is 13.2. The number of hydrogen-bond donors (Lipinski definition) is 0. The maximum atomic E-state index is 13.2. The van der Waals surface area contributed by atoms with E-state index in [-0.39, 0.29) is 18.0 Å². The van der Waals surface area contributed by atoms with Gasteiger partial charge in [0.25, 0.3) is 0 Å². The average Bonchev–Trinajstić information content (AvgIpc) is 3.35. The topological polar surface area (TPSA) is 92.5 Å². The number of benzene rings is 3. The van der Waals surface area contributed by atoms with Gasteiger partial charge in [0.05, 0.1) is 39.0 Å². The molecule has 0 bridgehead atoms. The molecule has 0 N–H and O–H groups in total. The largest absolute Gasteiger partial charge is 0.497 e. The van der Waals surface area contributed by atoms with E-state index in [1.165, 1.54) is 6.92 Å². The number of rotatable bonds is 10. The van der Waals surface area contributed by atoms with Gasteiger partial charge in [-0.15, -0.1) is 0 Å². The summed E-state index contributed by atoms with van der Waals surface area (Å²) < 4.78 is 17.7. The van der Waals surface area contributed by atoms with Gasteiger partial charge in [-0.05, 0) is 66.1 Å². The van der Waals surface area contributed by atoms with Gasteiger partial charge in [-0.25, -0.2) is 9.67 Å². The minimum atomic E-state index is -0.121. The number of ketones is 2. The van der Waals surface area contributed by atoms with Crippen molar-refractivity contribution < 1.29 is 23.8 Å². The molecule has 0 atom stereocenters. The SMILES string of the molecule is COc1ccc(Cn2nc(C(C)=O)c3ccc(-c4cc(CC(=O)c5cc(OC)cc(OC)c5)ccc4C)nc32)cc1. The molecule has 8 heteroatoms. The molecule has 0 aliphatic carbocycles. The zero-order chi connectivity index (χ0) is 29.1. The molecular weight excluding hydrogens is 518 g/mol. The number of Topliss-reactive ketones (excluding diaryl/α,β-unsaturated/α-hetero) is 2. The molecule has 2 aromatic heterocycles. The van der Waals surface area contributed by atoms with E-state index in [0.29, 0.717) is 40.3 Å². The molecule has 3 aromatic carbocycles. The third-order valence-corrected chi connectivity index (χ3v) is 7.04. The van der Waals surface area contributed by atoms with E-state index in [1.807, 2.05) is 61.5 Å². The molecule has 208 valence electrons. The van der Waals surface area contributed by atoms with Crippen molar-refractivity contribution >= 4 is 22.6 Å². The van der Waals surface area contributed by atoms with Crippen LogP contribution in [0.2, 0.25) is 0 Å². The van der Waals surface area contributed by atoms with Crippen molar-refractivity contribution in [2.75, 3.05) is 21.3 Å². The molecule has 5 rings (SSSR count). The Morgan fingerprint density at radius 1 is 0.780 bits per heavy atom. The van der Waals surface area contributed by atoms with Gasteiger partial charge >= 0.3 is 0 Å². The van der Waals surface area contributed by atoms with E-state index in [4.69, 9.17) is 19.2 Å². The van der Waals surface area contributed by atoms with Gasteiger partial charge in [-0.2, -0.15) is 5.10 Å². The molecule has 8 nitrogen and oxygen atoms in total. The quantitative estimate of drug-likeness (QED) is 0.194. The zero-order valence-corrected chi connectivity index (χ0v) is 23.7. The van der Waals surface area contributed by atoms with Gasteiger partial charge in [0.1, 0.15) is 22.9 Å². The molecule has 2 heterocycles. The highest BCUT2D eigenvalue weighted by Gasteiger charge is 2.18. The highest BCUT2D eigenvalue weighted by Crippen LogP contribution is 2.29. The first-order valence-electron chi connectivity index (χ1n) is 13.2. The number of pyridine rings is 1. The molecular formula is C33H31N3O5. The Labute approximate surface area is 238 Å². The Balaban J connectivity index is 1.50. The first kappa shape index (κ1) is 27.6. The van der Waals surface area contributed by atoms with Crippen LogP contribution < -0.4 is 14.2 Å². The van der Waals surface area contributed by atoms with Crippen LogP contribution in [-0.2, 0) is 13.0 Å². The average molecular weight is 550 g/mol. The smallest absolute Gasteiger partial charge is 0.180 e. The van der Waals surface area contributed by atoms with Gasteiger partial charge in [0, 0.05) is 30.5 Å². The van der Waals surface area contributed by atoms with E-state index in [9.17, 15) is 9.59 Å². The fraction of sp³-hybridized carbons (Fsp3) is 0.212. The lowest BCUT2D eigenvalue weighted by Gasteiger charge is -2.11. The maximum absolute atomic E-state index is 13.2. The van der Waals surface area contributed by atoms with Gasteiger partial charge in [0.15, 0.2) is 17.2 Å². The van der Waals surface area contributed by atoms with Crippen molar-refractivity contribution in [2.45, 2.75) is 26.8 Å². The van der Waals surface area contributed by atoms with Gasteiger partial charge < -0.3 is 14.2 Å². The molecule has 0 saturated carbocycles. The van der Waals surface area contributed by atoms with Crippen molar-refractivity contribution in [1.29, 1.82) is 0 Å². The van der Waals surface area contributed by atoms with Crippen molar-refractivity contribution in [1.82, 2.24) is 14.8 Å². The Kier molecular flexibility index (Phi) is 7.83. The third-order valence-electron chi connectivity index (χ3n) is 7.04. The van der Waals surface area contributed by atoms with Gasteiger partial charge in [-0.3, -0.25) is 9.59 Å². The Hall–Kier alpha value is -4.98. The summed E-state index contributed by atoms with van der Waals surface area (Å²) in [5.74, 6) is 1.72. The molecule has 0 aliphatic rings. The second-order valence-corrected chi connectivity index (χ2v) is 9.83. The van der Waals surface area contributed by atoms with E-state index >= 15 is 0 Å². The van der Waals surface area contributed by atoms with E-state index in [0.717, 1.165) is 33.7 Å². The number of hydrogen-bond acceptors (Lipinski definition) is 7. The number of fused-ring (bicyclic) bond motifs is 1. The second-order valence-electron chi connectivity index (χ2n) is 9.83. The van der Waals surface area contributed by atoms with Crippen molar-refractivity contribution in [3.63, 3.8) is 0 Å². The van der Waals surface area contributed by atoms with Gasteiger partial charge in [0.2, 0.25) is 0 Å². The monoisotopic (exact) mass is 549 g/mol. The molecule has 0 amide bonds. The lowest BCUT2D eigenvalue weighted by molar-refractivity contribution is 0.0989. The van der Waals surface area contributed by atoms with E-state index < -0.39 is 0 Å².